The maximum atomic E-state index is 13.0. The molecule has 0 aromatic rings. The van der Waals surface area contributed by atoms with Crippen molar-refractivity contribution in [3.63, 3.8) is 0 Å². The second-order valence-corrected chi connectivity index (χ2v) is 12.6. The van der Waals surface area contributed by atoms with Crippen LogP contribution in [-0.2, 0) is 23.8 Å². The molecule has 0 aromatic heterocycles. The van der Waals surface area contributed by atoms with Gasteiger partial charge in [0.1, 0.15) is 5.78 Å². The van der Waals surface area contributed by atoms with E-state index >= 15 is 0 Å². The Morgan fingerprint density at radius 2 is 0.933 bits per heavy atom. The van der Waals surface area contributed by atoms with E-state index in [0.717, 1.165) is 103 Å². The van der Waals surface area contributed by atoms with Crippen LogP contribution in [0.1, 0.15) is 168 Å². The molecule has 0 aromatic carbocycles. The molecule has 0 saturated heterocycles. The van der Waals surface area contributed by atoms with E-state index in [1.165, 1.54) is 51.4 Å². The predicted octanol–water partition coefficient (Wildman–Crippen LogP) is 9.91. The number of aliphatic hydroxyl groups excluding tert-OH is 1. The molecule has 0 atom stereocenters. The number of aliphatic hydroxyl groups is 1. The fourth-order valence-corrected chi connectivity index (χ4v) is 5.50. The maximum absolute atomic E-state index is 13.0. The van der Waals surface area contributed by atoms with E-state index in [-0.39, 0.29) is 11.7 Å². The Balaban J connectivity index is 4.06. The standard InChI is InChI=1S/C38H73NO6/c1-4-6-7-8-9-10-11-15-20-26-37(41)27-21-16-13-18-23-30-39(29-22-17-12-14-19-25-36(3)40)38(42)28-24-31-44-34-35-45-33-32-43-5-2/h40H,3-35H2,1-2H3. The van der Waals surface area contributed by atoms with Crippen LogP contribution in [0.5, 0.6) is 0 Å². The molecule has 0 spiro atoms. The summed E-state index contributed by atoms with van der Waals surface area (Å²) in [7, 11) is 0. The van der Waals surface area contributed by atoms with Crippen LogP contribution in [0.15, 0.2) is 12.3 Å². The highest BCUT2D eigenvalue weighted by Crippen LogP contribution is 2.14. The molecule has 0 aliphatic carbocycles. The van der Waals surface area contributed by atoms with Gasteiger partial charge in [0, 0.05) is 52.0 Å². The quantitative estimate of drug-likeness (QED) is 0.0538. The Bertz CT molecular complexity index is 671. The van der Waals surface area contributed by atoms with Crippen LogP contribution in [0.4, 0.5) is 0 Å². The van der Waals surface area contributed by atoms with Gasteiger partial charge in [-0.25, -0.2) is 0 Å². The van der Waals surface area contributed by atoms with Gasteiger partial charge in [-0.2, -0.15) is 0 Å². The van der Waals surface area contributed by atoms with Crippen molar-refractivity contribution < 1.29 is 28.9 Å². The van der Waals surface area contributed by atoms with Crippen molar-refractivity contribution in [2.75, 3.05) is 52.7 Å². The minimum atomic E-state index is 0.227. The molecule has 0 aliphatic rings. The van der Waals surface area contributed by atoms with Crippen LogP contribution in [-0.4, -0.2) is 74.4 Å². The molecule has 266 valence electrons. The molecular formula is C38H73NO6. The van der Waals surface area contributed by atoms with Crippen molar-refractivity contribution in [1.29, 1.82) is 0 Å². The lowest BCUT2D eigenvalue weighted by Gasteiger charge is -2.23. The van der Waals surface area contributed by atoms with Crippen molar-refractivity contribution >= 4 is 11.7 Å². The Morgan fingerprint density at radius 1 is 0.511 bits per heavy atom. The van der Waals surface area contributed by atoms with E-state index in [4.69, 9.17) is 14.2 Å². The van der Waals surface area contributed by atoms with E-state index in [0.29, 0.717) is 58.3 Å². The fourth-order valence-electron chi connectivity index (χ4n) is 5.50. The molecule has 0 saturated carbocycles. The lowest BCUT2D eigenvalue weighted by molar-refractivity contribution is -0.131. The summed E-state index contributed by atoms with van der Waals surface area (Å²) in [6.45, 7) is 13.0. The number of amides is 1. The van der Waals surface area contributed by atoms with Crippen molar-refractivity contribution in [2.24, 2.45) is 0 Å². The van der Waals surface area contributed by atoms with E-state index in [2.05, 4.69) is 18.4 Å². The Labute approximate surface area is 278 Å². The first-order valence-electron chi connectivity index (χ1n) is 18.9. The molecule has 0 rings (SSSR count). The average molecular weight is 640 g/mol. The number of rotatable bonds is 37. The first kappa shape index (κ1) is 43.6. The van der Waals surface area contributed by atoms with Gasteiger partial charge in [0.25, 0.3) is 0 Å². The smallest absolute Gasteiger partial charge is 0.222 e. The zero-order valence-electron chi connectivity index (χ0n) is 29.8. The number of nitrogens with zero attached hydrogens (tertiary/aromatic N) is 1. The molecule has 45 heavy (non-hydrogen) atoms. The van der Waals surface area contributed by atoms with Crippen molar-refractivity contribution in [2.45, 2.75) is 168 Å². The van der Waals surface area contributed by atoms with Gasteiger partial charge in [-0.05, 0) is 45.4 Å². The SMILES string of the molecule is C=C(O)CCCCCCCN(CCCCCCCC(=O)CCCCCCCCCCC)C(=O)CCCOCCOCCOCC. The van der Waals surface area contributed by atoms with Crippen LogP contribution in [0.3, 0.4) is 0 Å². The monoisotopic (exact) mass is 640 g/mol. The normalized spacial score (nSPS) is 11.2. The third-order valence-electron chi connectivity index (χ3n) is 8.32. The maximum Gasteiger partial charge on any atom is 0.222 e. The van der Waals surface area contributed by atoms with Crippen molar-refractivity contribution in [3.05, 3.63) is 12.3 Å². The number of Topliss-reactive ketones (excluding diaryl/α,β-unsaturated/α-hetero) is 1. The summed E-state index contributed by atoms with van der Waals surface area (Å²) in [4.78, 5) is 27.3. The molecule has 0 unspecified atom stereocenters. The zero-order valence-corrected chi connectivity index (χ0v) is 29.8. The minimum absolute atomic E-state index is 0.227. The number of ketones is 1. The summed E-state index contributed by atoms with van der Waals surface area (Å²) in [6, 6.07) is 0. The van der Waals surface area contributed by atoms with E-state index in [1.54, 1.807) is 0 Å². The summed E-state index contributed by atoms with van der Waals surface area (Å²) in [5.74, 6) is 0.935. The van der Waals surface area contributed by atoms with Gasteiger partial charge in [0.2, 0.25) is 5.91 Å². The number of hydrogen-bond acceptors (Lipinski definition) is 6. The molecule has 7 nitrogen and oxygen atoms in total. The van der Waals surface area contributed by atoms with Crippen molar-refractivity contribution in [3.8, 4) is 0 Å². The van der Waals surface area contributed by atoms with Gasteiger partial charge in [-0.1, -0.05) is 103 Å². The molecule has 0 bridgehead atoms. The molecular weight excluding hydrogens is 566 g/mol. The van der Waals surface area contributed by atoms with Gasteiger partial charge in [0.15, 0.2) is 0 Å². The summed E-state index contributed by atoms with van der Waals surface area (Å²) >= 11 is 0. The minimum Gasteiger partial charge on any atom is -0.513 e. The Morgan fingerprint density at radius 3 is 1.42 bits per heavy atom. The summed E-state index contributed by atoms with van der Waals surface area (Å²) < 4.78 is 16.4. The van der Waals surface area contributed by atoms with Gasteiger partial charge < -0.3 is 24.2 Å². The second kappa shape index (κ2) is 35.4. The molecule has 0 radical (unpaired) electrons. The third kappa shape index (κ3) is 33.7. The predicted molar refractivity (Wildman–Crippen MR) is 188 cm³/mol. The third-order valence-corrected chi connectivity index (χ3v) is 8.32. The number of carbonyl (C=O) groups excluding carboxylic acids is 2. The highest BCUT2D eigenvalue weighted by Gasteiger charge is 2.13. The second-order valence-electron chi connectivity index (χ2n) is 12.6. The van der Waals surface area contributed by atoms with Gasteiger partial charge >= 0.3 is 0 Å². The van der Waals surface area contributed by atoms with E-state index < -0.39 is 0 Å². The lowest BCUT2D eigenvalue weighted by atomic mass is 10.0. The van der Waals surface area contributed by atoms with Crippen LogP contribution < -0.4 is 0 Å². The number of ether oxygens (including phenoxy) is 3. The number of carbonyl (C=O) groups is 2. The van der Waals surface area contributed by atoms with Gasteiger partial charge in [-0.15, -0.1) is 0 Å². The number of hydrogen-bond donors (Lipinski definition) is 1. The van der Waals surface area contributed by atoms with E-state index in [9.17, 15) is 14.7 Å². The molecule has 0 fully saturated rings. The zero-order chi connectivity index (χ0) is 33.1. The fraction of sp³-hybridized carbons (Fsp3) is 0.895. The lowest BCUT2D eigenvalue weighted by Crippen LogP contribution is -2.33. The molecule has 0 aliphatic heterocycles. The van der Waals surface area contributed by atoms with Gasteiger partial charge in [0.05, 0.1) is 32.2 Å². The van der Waals surface area contributed by atoms with Crippen LogP contribution in [0.25, 0.3) is 0 Å². The highest BCUT2D eigenvalue weighted by molar-refractivity contribution is 5.78. The first-order chi connectivity index (χ1) is 22.0. The largest absolute Gasteiger partial charge is 0.513 e. The number of allylic oxidation sites excluding steroid dienone is 1. The van der Waals surface area contributed by atoms with Crippen LogP contribution in [0, 0.1) is 0 Å². The highest BCUT2D eigenvalue weighted by atomic mass is 16.5. The average Bonchev–Trinajstić information content (AvgIpc) is 3.02. The van der Waals surface area contributed by atoms with E-state index in [1.807, 2.05) is 6.92 Å². The summed E-state index contributed by atoms with van der Waals surface area (Å²) in [5.41, 5.74) is 0. The molecule has 1 N–H and O–H groups in total. The summed E-state index contributed by atoms with van der Waals surface area (Å²) in [6.07, 6.45) is 25.7. The van der Waals surface area contributed by atoms with Crippen molar-refractivity contribution in [1.82, 2.24) is 4.90 Å². The molecule has 7 heteroatoms. The molecule has 0 heterocycles. The Kier molecular flexibility index (Phi) is 34.3. The Hall–Kier alpha value is -1.44. The van der Waals surface area contributed by atoms with Crippen LogP contribution >= 0.6 is 0 Å². The molecule has 1 amide bonds. The van der Waals surface area contributed by atoms with Gasteiger partial charge in [-0.3, -0.25) is 9.59 Å². The van der Waals surface area contributed by atoms with Crippen LogP contribution in [0.2, 0.25) is 0 Å². The topological polar surface area (TPSA) is 85.3 Å². The summed E-state index contributed by atoms with van der Waals surface area (Å²) in [5, 5.41) is 9.24. The number of unbranched alkanes of at least 4 members (excludes halogenated alkanes) is 16. The first-order valence-corrected chi connectivity index (χ1v) is 18.9.